The molecule has 2 aromatic carbocycles. The number of allylic oxidation sites excluding steroid dienone is 1. The van der Waals surface area contributed by atoms with E-state index >= 15 is 4.79 Å². The molecule has 0 bridgehead atoms. The van der Waals surface area contributed by atoms with Gasteiger partial charge in [-0.1, -0.05) is 101 Å². The van der Waals surface area contributed by atoms with Gasteiger partial charge in [0, 0.05) is 70.1 Å². The van der Waals surface area contributed by atoms with Crippen molar-refractivity contribution in [3.8, 4) is 11.5 Å². The molecule has 5 aliphatic rings. The third kappa shape index (κ3) is 13.7. The predicted octanol–water partition coefficient (Wildman–Crippen LogP) is 10.6. The fraction of sp³-hybridized carbons (Fsp3) is 0.673. The van der Waals surface area contributed by atoms with Gasteiger partial charge in [-0.2, -0.15) is 0 Å². The Balaban J connectivity index is 1.34. The molecule has 3 fully saturated rings. The van der Waals surface area contributed by atoms with Crippen LogP contribution in [0.3, 0.4) is 0 Å². The number of amides is 1. The molecule has 0 radical (unpaired) electrons. The van der Waals surface area contributed by atoms with Crippen molar-refractivity contribution < 1.29 is 43.2 Å². The van der Waals surface area contributed by atoms with Gasteiger partial charge in [-0.05, 0) is 98.2 Å². The van der Waals surface area contributed by atoms with Crippen LogP contribution in [0.25, 0.3) is 0 Å². The first kappa shape index (κ1) is 51.1. The number of aliphatic hydroxyl groups excluding tert-OH is 2. The van der Waals surface area contributed by atoms with E-state index < -0.39 is 24.0 Å². The summed E-state index contributed by atoms with van der Waals surface area (Å²) >= 11 is 0. The van der Waals surface area contributed by atoms with Crippen molar-refractivity contribution in [2.45, 2.75) is 166 Å². The van der Waals surface area contributed by atoms with Gasteiger partial charge in [-0.3, -0.25) is 9.69 Å². The van der Waals surface area contributed by atoms with Gasteiger partial charge in [-0.15, -0.1) is 6.58 Å². The molecule has 2 aliphatic carbocycles. The first-order chi connectivity index (χ1) is 32.9. The first-order valence-corrected chi connectivity index (χ1v) is 26.1. The average molecular weight is 930 g/mol. The van der Waals surface area contributed by atoms with Gasteiger partial charge in [0.15, 0.2) is 0 Å². The maximum absolute atomic E-state index is 15.2. The van der Waals surface area contributed by atoms with Crippen LogP contribution in [-0.4, -0.2) is 102 Å². The molecule has 2 N–H and O–H groups in total. The summed E-state index contributed by atoms with van der Waals surface area (Å²) in [6, 6.07) is 11.9. The van der Waals surface area contributed by atoms with Crippen molar-refractivity contribution in [1.29, 1.82) is 0 Å². The molecule has 3 aliphatic heterocycles. The molecule has 11 nitrogen and oxygen atoms in total. The second kappa shape index (κ2) is 26.2. The van der Waals surface area contributed by atoms with Gasteiger partial charge in [0.25, 0.3) is 0 Å². The predicted molar refractivity (Wildman–Crippen MR) is 260 cm³/mol. The summed E-state index contributed by atoms with van der Waals surface area (Å²) in [4.78, 5) is 25.8. The van der Waals surface area contributed by atoms with Crippen molar-refractivity contribution in [3.63, 3.8) is 0 Å². The van der Waals surface area contributed by atoms with Gasteiger partial charge in [-0.25, -0.2) is 4.39 Å². The molecule has 2 aromatic rings. The molecule has 1 amide bonds. The number of nitrogens with zero attached hydrogens (tertiary/aromatic N) is 3. The fourth-order valence-electron chi connectivity index (χ4n) is 11.1. The lowest BCUT2D eigenvalue weighted by Gasteiger charge is -2.60. The molecular weight excluding hydrogens is 850 g/mol. The number of hydrogen-bond donors (Lipinski definition) is 2. The Morgan fingerprint density at radius 1 is 0.955 bits per heavy atom. The van der Waals surface area contributed by atoms with E-state index in [0.717, 1.165) is 112 Å². The van der Waals surface area contributed by atoms with Crippen LogP contribution in [0.4, 0.5) is 4.39 Å². The lowest BCUT2D eigenvalue weighted by molar-refractivity contribution is -0.258. The molecule has 3 heterocycles. The number of carbonyl (C=O) groups is 1. The molecule has 370 valence electrons. The Morgan fingerprint density at radius 2 is 1.70 bits per heavy atom. The number of carbonyl (C=O) groups excluding carboxylic acids is 1. The highest BCUT2D eigenvalue weighted by Gasteiger charge is 2.65. The van der Waals surface area contributed by atoms with Crippen LogP contribution in [0.5, 0.6) is 11.5 Å². The number of aliphatic hydroxyl groups is 2. The molecule has 1 saturated carbocycles. The van der Waals surface area contributed by atoms with E-state index in [2.05, 4.69) is 30.5 Å². The Bertz CT molecular complexity index is 1900. The Hall–Kier alpha value is -3.81. The molecule has 2 saturated heterocycles. The minimum atomic E-state index is -1.39. The smallest absolute Gasteiger partial charge is 0.239 e. The fourth-order valence-corrected chi connectivity index (χ4v) is 11.1. The normalized spacial score (nSPS) is 26.0. The first-order valence-electron chi connectivity index (χ1n) is 26.1. The Labute approximate surface area is 400 Å². The summed E-state index contributed by atoms with van der Waals surface area (Å²) < 4.78 is 41.7. The second-order valence-electron chi connectivity index (χ2n) is 19.6. The van der Waals surface area contributed by atoms with Crippen molar-refractivity contribution in [1.82, 2.24) is 9.80 Å². The van der Waals surface area contributed by atoms with Crippen LogP contribution in [-0.2, 0) is 25.7 Å². The largest absolute Gasteiger partial charge is 0.492 e. The molecule has 7 rings (SSSR count). The molecule has 7 atom stereocenters. The summed E-state index contributed by atoms with van der Waals surface area (Å²) in [6.45, 7) is 11.2. The van der Waals surface area contributed by atoms with E-state index in [4.69, 9.17) is 28.9 Å². The minimum Gasteiger partial charge on any atom is -0.492 e. The van der Waals surface area contributed by atoms with E-state index in [1.54, 1.807) is 18.2 Å². The highest BCUT2D eigenvalue weighted by molar-refractivity contribution is 6.03. The zero-order chi connectivity index (χ0) is 46.9. The lowest BCUT2D eigenvalue weighted by Crippen LogP contribution is -2.70. The summed E-state index contributed by atoms with van der Waals surface area (Å²) in [5, 5.41) is 25.1. The van der Waals surface area contributed by atoms with Gasteiger partial charge in [0.05, 0.1) is 24.8 Å². The highest BCUT2D eigenvalue weighted by Crippen LogP contribution is 2.62. The molecular formula is C55H80FN3O8. The zero-order valence-electron chi connectivity index (χ0n) is 40.4. The summed E-state index contributed by atoms with van der Waals surface area (Å²) in [7, 11) is 0. The summed E-state index contributed by atoms with van der Waals surface area (Å²) in [5.74, 6) is -0.681. The van der Waals surface area contributed by atoms with E-state index in [1.165, 1.54) is 50.7 Å². The Morgan fingerprint density at radius 3 is 2.40 bits per heavy atom. The van der Waals surface area contributed by atoms with Gasteiger partial charge in [0.2, 0.25) is 18.0 Å². The van der Waals surface area contributed by atoms with Crippen molar-refractivity contribution in [2.75, 3.05) is 52.7 Å². The van der Waals surface area contributed by atoms with Crippen LogP contribution in [0.2, 0.25) is 0 Å². The van der Waals surface area contributed by atoms with Crippen molar-refractivity contribution in [3.05, 3.63) is 83.7 Å². The molecule has 0 spiro atoms. The van der Waals surface area contributed by atoms with Crippen LogP contribution in [0.15, 0.2) is 71.9 Å². The van der Waals surface area contributed by atoms with E-state index in [1.807, 2.05) is 17.0 Å². The summed E-state index contributed by atoms with van der Waals surface area (Å²) in [5.41, 5.74) is 3.56. The number of ether oxygens (including phenoxy) is 4. The topological polar surface area (TPSA) is 122 Å². The van der Waals surface area contributed by atoms with Crippen LogP contribution < -0.4 is 9.47 Å². The van der Waals surface area contributed by atoms with Crippen LogP contribution in [0.1, 0.15) is 152 Å². The standard InChI is InChI=1S/C55H80FN3O8/c1-3-5-6-7-8-9-10-11-12-21-51(62)59(40-41-23-25-43(56)26-24-41)50-39-48(57-67-52-22-15-18-35-64-52)46-37-42(19-13-16-32-60)45(20-14-17-33-61)53-47-38-44(63-36-31-58-29-30-58)27-28-49(47)66-55(50,54(46)53)65-34-4-2/h4,23-28,37-38,42,45,50,52-54,60-61H,2-3,5-22,29-36,39-40H2,1H3. The number of hydrogen-bond acceptors (Lipinski definition) is 10. The minimum absolute atomic E-state index is 0.0135. The SMILES string of the molecule is C=CCOC12Oc3ccc(OCCN4CC4)cc3C3C(CCCCO)C(CCCCO)C=C(C(=NOC4CCCCO4)CC1N(Cc1ccc(F)cc1)C(=O)CCCCCCCCCCC)C32. The Kier molecular flexibility index (Phi) is 20.0. The zero-order valence-corrected chi connectivity index (χ0v) is 40.4. The number of benzene rings is 2. The molecule has 67 heavy (non-hydrogen) atoms. The summed E-state index contributed by atoms with van der Waals surface area (Å²) in [6.07, 6.45) is 22.0. The number of rotatable bonds is 30. The van der Waals surface area contributed by atoms with Crippen LogP contribution >= 0.6 is 0 Å². The molecule has 7 unspecified atom stereocenters. The van der Waals surface area contributed by atoms with Crippen LogP contribution in [0, 0.1) is 23.6 Å². The molecule has 12 heteroatoms. The number of unbranched alkanes of at least 4 members (excludes halogenated alkanes) is 10. The highest BCUT2D eigenvalue weighted by atomic mass is 19.1. The van der Waals surface area contributed by atoms with Gasteiger partial charge in [0.1, 0.15) is 30.0 Å². The third-order valence-electron chi connectivity index (χ3n) is 14.7. The molecule has 0 aromatic heterocycles. The quantitative estimate of drug-likeness (QED) is 0.0341. The van der Waals surface area contributed by atoms with E-state index in [-0.39, 0.29) is 62.3 Å². The third-order valence-corrected chi connectivity index (χ3v) is 14.7. The van der Waals surface area contributed by atoms with Crippen molar-refractivity contribution in [2.24, 2.45) is 22.9 Å². The number of oxime groups is 1. The average Bonchev–Trinajstić information content (AvgIpc) is 4.18. The number of fused-ring (bicyclic) bond motifs is 2. The van der Waals surface area contributed by atoms with E-state index in [0.29, 0.717) is 38.2 Å². The monoisotopic (exact) mass is 930 g/mol. The lowest BCUT2D eigenvalue weighted by atomic mass is 9.55. The van der Waals surface area contributed by atoms with Gasteiger partial charge < -0.3 is 38.9 Å². The number of halogens is 1. The maximum Gasteiger partial charge on any atom is 0.239 e. The van der Waals surface area contributed by atoms with Crippen molar-refractivity contribution >= 4 is 11.6 Å². The van der Waals surface area contributed by atoms with Gasteiger partial charge >= 0.3 is 0 Å². The second-order valence-corrected chi connectivity index (χ2v) is 19.6. The maximum atomic E-state index is 15.2. The van der Waals surface area contributed by atoms with E-state index in [9.17, 15) is 14.6 Å².